The van der Waals surface area contributed by atoms with Gasteiger partial charge in [0.2, 0.25) is 0 Å². The van der Waals surface area contributed by atoms with Crippen LogP contribution in [0.2, 0.25) is 0 Å². The van der Waals surface area contributed by atoms with Gasteiger partial charge in [0.25, 0.3) is 5.56 Å². The second kappa shape index (κ2) is 6.58. The maximum absolute atomic E-state index is 12.7. The summed E-state index contributed by atoms with van der Waals surface area (Å²) in [6, 6.07) is 0. The quantitative estimate of drug-likeness (QED) is 0.887. The molecule has 1 N–H and O–H groups in total. The highest BCUT2D eigenvalue weighted by atomic mass is 32.1. The zero-order chi connectivity index (χ0) is 15.6. The molecule has 5 nitrogen and oxygen atoms in total. The van der Waals surface area contributed by atoms with Crippen LogP contribution in [-0.2, 0) is 13.0 Å². The molecule has 0 aromatic carbocycles. The molecule has 2 rings (SSSR count). The summed E-state index contributed by atoms with van der Waals surface area (Å²) >= 11 is 1.49. The summed E-state index contributed by atoms with van der Waals surface area (Å²) in [6.07, 6.45) is 0.809. The Bertz CT molecular complexity index is 738. The molecule has 0 amide bonds. The minimum Gasteiger partial charge on any atom is -0.302 e. The van der Waals surface area contributed by atoms with E-state index in [1.54, 1.807) is 0 Å². The van der Waals surface area contributed by atoms with Gasteiger partial charge in [-0.3, -0.25) is 14.3 Å². The third-order valence-corrected chi connectivity index (χ3v) is 5.08. The zero-order valence-electron chi connectivity index (χ0n) is 13.2. The van der Waals surface area contributed by atoms with Crippen molar-refractivity contribution in [3.8, 4) is 0 Å². The van der Waals surface area contributed by atoms with Crippen molar-refractivity contribution in [1.82, 2.24) is 14.5 Å². The zero-order valence-corrected chi connectivity index (χ0v) is 14.0. The number of likely N-dealkylation sites (N-methyl/N-ethyl adjacent to an activating group) is 1. The monoisotopic (exact) mass is 309 g/mol. The minimum atomic E-state index is -0.302. The Hall–Kier alpha value is -1.40. The number of H-pyrrole nitrogens is 1. The number of rotatable bonds is 6. The topological polar surface area (TPSA) is 58.1 Å². The van der Waals surface area contributed by atoms with Crippen LogP contribution in [-0.4, -0.2) is 34.1 Å². The van der Waals surface area contributed by atoms with E-state index in [0.717, 1.165) is 30.0 Å². The summed E-state index contributed by atoms with van der Waals surface area (Å²) in [5.74, 6) is 0. The Morgan fingerprint density at radius 2 is 1.86 bits per heavy atom. The fraction of sp³-hybridized carbons (Fsp3) is 0.600. The van der Waals surface area contributed by atoms with Gasteiger partial charge in [0.15, 0.2) is 0 Å². The molecule has 21 heavy (non-hydrogen) atoms. The van der Waals surface area contributed by atoms with E-state index in [1.807, 2.05) is 13.8 Å². The molecule has 0 atom stereocenters. The lowest BCUT2D eigenvalue weighted by atomic mass is 10.1. The van der Waals surface area contributed by atoms with E-state index in [9.17, 15) is 9.59 Å². The molecule has 0 spiro atoms. The number of fused-ring (bicyclic) bond motifs is 1. The summed E-state index contributed by atoms with van der Waals surface area (Å²) < 4.78 is 1.34. The molecule has 2 aromatic heterocycles. The number of nitrogens with zero attached hydrogens (tertiary/aromatic N) is 2. The Morgan fingerprint density at radius 1 is 1.19 bits per heavy atom. The highest BCUT2D eigenvalue weighted by Crippen LogP contribution is 2.26. The van der Waals surface area contributed by atoms with Crippen LogP contribution in [0.15, 0.2) is 9.59 Å². The van der Waals surface area contributed by atoms with E-state index in [4.69, 9.17) is 0 Å². The van der Waals surface area contributed by atoms with Gasteiger partial charge in [-0.1, -0.05) is 20.8 Å². The Balaban J connectivity index is 2.49. The van der Waals surface area contributed by atoms with Crippen molar-refractivity contribution in [2.75, 3.05) is 19.6 Å². The molecule has 0 radical (unpaired) electrons. The van der Waals surface area contributed by atoms with Crippen molar-refractivity contribution in [1.29, 1.82) is 0 Å². The van der Waals surface area contributed by atoms with Gasteiger partial charge in [-0.2, -0.15) is 0 Å². The molecule has 0 bridgehead atoms. The van der Waals surface area contributed by atoms with Gasteiger partial charge in [-0.25, -0.2) is 4.79 Å². The van der Waals surface area contributed by atoms with Crippen LogP contribution in [0.3, 0.4) is 0 Å². The van der Waals surface area contributed by atoms with Crippen LogP contribution in [0, 0.1) is 6.92 Å². The van der Waals surface area contributed by atoms with Gasteiger partial charge < -0.3 is 4.90 Å². The van der Waals surface area contributed by atoms with Crippen LogP contribution >= 0.6 is 11.3 Å². The number of thiophene rings is 1. The predicted molar refractivity (Wildman–Crippen MR) is 88.6 cm³/mol. The first-order valence-electron chi connectivity index (χ1n) is 7.50. The molecule has 6 heteroatoms. The molecular weight excluding hydrogens is 286 g/mol. The van der Waals surface area contributed by atoms with Crippen LogP contribution in [0.25, 0.3) is 10.2 Å². The fourth-order valence-corrected chi connectivity index (χ4v) is 3.82. The van der Waals surface area contributed by atoms with Crippen LogP contribution in [0.1, 0.15) is 31.2 Å². The van der Waals surface area contributed by atoms with Gasteiger partial charge in [0.05, 0.1) is 5.39 Å². The molecular formula is C15H23N3O2S. The highest BCUT2D eigenvalue weighted by Gasteiger charge is 2.15. The second-order valence-corrected chi connectivity index (χ2v) is 6.33. The molecule has 0 saturated carbocycles. The molecule has 0 aliphatic rings. The van der Waals surface area contributed by atoms with E-state index >= 15 is 0 Å². The maximum atomic E-state index is 12.7. The first-order chi connectivity index (χ1) is 10.0. The number of aromatic amines is 1. The average Bonchev–Trinajstić information content (AvgIpc) is 2.78. The van der Waals surface area contributed by atoms with Crippen molar-refractivity contribution in [3.05, 3.63) is 31.3 Å². The van der Waals surface area contributed by atoms with E-state index in [1.165, 1.54) is 15.9 Å². The molecule has 0 saturated heterocycles. The largest absolute Gasteiger partial charge is 0.329 e. The first-order valence-corrected chi connectivity index (χ1v) is 8.32. The molecule has 2 heterocycles. The van der Waals surface area contributed by atoms with Gasteiger partial charge >= 0.3 is 5.69 Å². The smallest absolute Gasteiger partial charge is 0.302 e. The number of hydrogen-bond acceptors (Lipinski definition) is 4. The van der Waals surface area contributed by atoms with Crippen molar-refractivity contribution >= 4 is 21.6 Å². The standard InChI is InChI=1S/C15H23N3O2S/c1-5-11-10(4)21-13-12(11)14(19)18(15(20)16-13)9-8-17(6-2)7-3/h5-9H2,1-4H3,(H,16,20). The van der Waals surface area contributed by atoms with Crippen LogP contribution in [0.5, 0.6) is 0 Å². The highest BCUT2D eigenvalue weighted by molar-refractivity contribution is 7.18. The Labute approximate surface area is 128 Å². The molecule has 0 unspecified atom stereocenters. The van der Waals surface area contributed by atoms with Crippen LogP contribution in [0.4, 0.5) is 0 Å². The molecule has 0 aliphatic heterocycles. The van der Waals surface area contributed by atoms with Crippen molar-refractivity contribution < 1.29 is 0 Å². The van der Waals surface area contributed by atoms with Crippen LogP contribution < -0.4 is 11.2 Å². The van der Waals surface area contributed by atoms with Gasteiger partial charge in [-0.15, -0.1) is 11.3 Å². The molecule has 116 valence electrons. The Kier molecular flexibility index (Phi) is 5.00. The molecule has 2 aromatic rings. The summed E-state index contributed by atoms with van der Waals surface area (Å²) in [5.41, 5.74) is 0.610. The van der Waals surface area contributed by atoms with Crippen molar-refractivity contribution in [2.45, 2.75) is 40.7 Å². The lowest BCUT2D eigenvalue weighted by Crippen LogP contribution is -2.39. The van der Waals surface area contributed by atoms with E-state index in [-0.39, 0.29) is 11.2 Å². The van der Waals surface area contributed by atoms with E-state index < -0.39 is 0 Å². The number of aromatic nitrogens is 2. The summed E-state index contributed by atoms with van der Waals surface area (Å²) in [5, 5.41) is 0.694. The first kappa shape index (κ1) is 16.0. The van der Waals surface area contributed by atoms with Gasteiger partial charge in [0.1, 0.15) is 4.83 Å². The van der Waals surface area contributed by atoms with Crippen molar-refractivity contribution in [2.24, 2.45) is 0 Å². The Morgan fingerprint density at radius 3 is 2.43 bits per heavy atom. The molecule has 0 fully saturated rings. The van der Waals surface area contributed by atoms with E-state index in [2.05, 4.69) is 23.7 Å². The predicted octanol–water partition coefficient (Wildman–Crippen LogP) is 1.96. The van der Waals surface area contributed by atoms with E-state index in [0.29, 0.717) is 23.3 Å². The second-order valence-electron chi connectivity index (χ2n) is 5.11. The lowest BCUT2D eigenvalue weighted by molar-refractivity contribution is 0.287. The number of hydrogen-bond donors (Lipinski definition) is 1. The summed E-state index contributed by atoms with van der Waals surface area (Å²) in [4.78, 5) is 31.7. The lowest BCUT2D eigenvalue weighted by Gasteiger charge is -2.18. The third-order valence-electron chi connectivity index (χ3n) is 4.02. The SMILES string of the molecule is CCc1c(C)sc2[nH]c(=O)n(CCN(CC)CC)c(=O)c12. The fourth-order valence-electron chi connectivity index (χ4n) is 2.69. The summed E-state index contributed by atoms with van der Waals surface area (Å²) in [7, 11) is 0. The number of aryl methyl sites for hydroxylation is 2. The normalized spacial score (nSPS) is 11.7. The summed E-state index contributed by atoms with van der Waals surface area (Å²) in [6.45, 7) is 11.2. The number of nitrogens with one attached hydrogen (secondary N) is 1. The molecule has 0 aliphatic carbocycles. The van der Waals surface area contributed by atoms with Gasteiger partial charge in [0, 0.05) is 18.0 Å². The minimum absolute atomic E-state index is 0.151. The maximum Gasteiger partial charge on any atom is 0.329 e. The van der Waals surface area contributed by atoms with Gasteiger partial charge in [-0.05, 0) is 32.0 Å². The third kappa shape index (κ3) is 2.96. The van der Waals surface area contributed by atoms with Crippen molar-refractivity contribution in [3.63, 3.8) is 0 Å². The average molecular weight is 309 g/mol.